The Morgan fingerprint density at radius 1 is 1.04 bits per heavy atom. The number of hydrogen-bond acceptors (Lipinski definition) is 5. The fraction of sp³-hybridized carbons (Fsp3) is 0.500. The van der Waals surface area contributed by atoms with E-state index in [9.17, 15) is 14.4 Å². The van der Waals surface area contributed by atoms with Gasteiger partial charge < -0.3 is 15.4 Å². The summed E-state index contributed by atoms with van der Waals surface area (Å²) in [6.07, 6.45) is 0. The van der Waals surface area contributed by atoms with Gasteiger partial charge in [0.1, 0.15) is 0 Å². The molecule has 0 heterocycles. The van der Waals surface area contributed by atoms with Gasteiger partial charge in [-0.2, -0.15) is 0 Å². The van der Waals surface area contributed by atoms with E-state index in [0.717, 1.165) is 0 Å². The summed E-state index contributed by atoms with van der Waals surface area (Å²) < 4.78 is 4.91. The highest BCUT2D eigenvalue weighted by Crippen LogP contribution is 2.10. The van der Waals surface area contributed by atoms with Gasteiger partial charge in [0.15, 0.2) is 0 Å². The van der Waals surface area contributed by atoms with Gasteiger partial charge in [0.05, 0.1) is 25.3 Å². The largest absolute Gasteiger partial charge is 0.462 e. The molecule has 0 aliphatic carbocycles. The second-order valence-corrected chi connectivity index (χ2v) is 5.87. The van der Waals surface area contributed by atoms with Crippen LogP contribution in [0.2, 0.25) is 0 Å². The summed E-state index contributed by atoms with van der Waals surface area (Å²) in [4.78, 5) is 37.3. The first kappa shape index (κ1) is 20.6. The topological polar surface area (TPSA) is 87.7 Å². The monoisotopic (exact) mass is 349 g/mol. The number of amides is 2. The van der Waals surface area contributed by atoms with E-state index in [2.05, 4.69) is 10.6 Å². The third-order valence-corrected chi connectivity index (χ3v) is 3.31. The maximum Gasteiger partial charge on any atom is 0.338 e. The van der Waals surface area contributed by atoms with E-state index in [0.29, 0.717) is 24.4 Å². The van der Waals surface area contributed by atoms with Crippen molar-refractivity contribution in [3.63, 3.8) is 0 Å². The van der Waals surface area contributed by atoms with Crippen LogP contribution in [0.4, 0.5) is 5.69 Å². The molecule has 0 fully saturated rings. The molecule has 0 bridgehead atoms. The Balaban J connectivity index is 2.54. The summed E-state index contributed by atoms with van der Waals surface area (Å²) in [6, 6.07) is 6.55. The summed E-state index contributed by atoms with van der Waals surface area (Å²) in [5, 5.41) is 5.56. The molecule has 2 amide bonds. The number of benzene rings is 1. The highest BCUT2D eigenvalue weighted by molar-refractivity contribution is 5.94. The molecule has 7 heteroatoms. The SMILES string of the molecule is CCOC(=O)c1ccc(NC(=O)CN(CC)CC(=O)NC(C)C)cc1. The maximum atomic E-state index is 12.1. The second-order valence-electron chi connectivity index (χ2n) is 5.87. The van der Waals surface area contributed by atoms with E-state index >= 15 is 0 Å². The summed E-state index contributed by atoms with van der Waals surface area (Å²) >= 11 is 0. The molecule has 0 aliphatic rings. The highest BCUT2D eigenvalue weighted by Gasteiger charge is 2.14. The Morgan fingerprint density at radius 3 is 2.16 bits per heavy atom. The van der Waals surface area contributed by atoms with Crippen molar-refractivity contribution in [2.24, 2.45) is 0 Å². The Morgan fingerprint density at radius 2 is 1.64 bits per heavy atom. The van der Waals surface area contributed by atoms with Crippen molar-refractivity contribution in [3.8, 4) is 0 Å². The number of nitrogens with one attached hydrogen (secondary N) is 2. The van der Waals surface area contributed by atoms with Gasteiger partial charge in [0.2, 0.25) is 11.8 Å². The lowest BCUT2D eigenvalue weighted by atomic mass is 10.2. The molecule has 0 unspecified atom stereocenters. The van der Waals surface area contributed by atoms with Gasteiger partial charge in [-0.05, 0) is 51.6 Å². The van der Waals surface area contributed by atoms with E-state index in [-0.39, 0.29) is 30.9 Å². The summed E-state index contributed by atoms with van der Waals surface area (Å²) in [7, 11) is 0. The molecule has 1 aromatic carbocycles. The summed E-state index contributed by atoms with van der Waals surface area (Å²) in [5.41, 5.74) is 1.01. The second kappa shape index (κ2) is 10.5. The Labute approximate surface area is 148 Å². The van der Waals surface area contributed by atoms with Crippen molar-refractivity contribution < 1.29 is 19.1 Å². The minimum atomic E-state index is -0.395. The minimum Gasteiger partial charge on any atom is -0.462 e. The Kier molecular flexibility index (Phi) is 8.63. The van der Waals surface area contributed by atoms with Crippen LogP contribution in [-0.4, -0.2) is 55.0 Å². The van der Waals surface area contributed by atoms with Gasteiger partial charge in [-0.25, -0.2) is 4.79 Å². The predicted octanol–water partition coefficient (Wildman–Crippen LogP) is 1.65. The van der Waals surface area contributed by atoms with Gasteiger partial charge >= 0.3 is 5.97 Å². The fourth-order valence-corrected chi connectivity index (χ4v) is 2.16. The number of esters is 1. The quantitative estimate of drug-likeness (QED) is 0.662. The van der Waals surface area contributed by atoms with Crippen LogP contribution in [0.1, 0.15) is 38.1 Å². The van der Waals surface area contributed by atoms with E-state index in [1.807, 2.05) is 20.8 Å². The molecule has 0 saturated heterocycles. The fourth-order valence-electron chi connectivity index (χ4n) is 2.16. The minimum absolute atomic E-state index is 0.0675. The molecule has 7 nitrogen and oxygen atoms in total. The molecule has 0 atom stereocenters. The molecule has 25 heavy (non-hydrogen) atoms. The van der Waals surface area contributed by atoms with Crippen molar-refractivity contribution in [1.82, 2.24) is 10.2 Å². The van der Waals surface area contributed by atoms with Crippen molar-refractivity contribution in [1.29, 1.82) is 0 Å². The zero-order valence-electron chi connectivity index (χ0n) is 15.3. The molecular weight excluding hydrogens is 322 g/mol. The standard InChI is InChI=1S/C18H27N3O4/c1-5-21(11-16(22)19-13(3)4)12-17(23)20-15-9-7-14(8-10-15)18(24)25-6-2/h7-10,13H,5-6,11-12H2,1-4H3,(H,19,22)(H,20,23). The van der Waals surface area contributed by atoms with Crippen LogP contribution >= 0.6 is 0 Å². The molecule has 0 aromatic heterocycles. The first-order valence-electron chi connectivity index (χ1n) is 8.44. The first-order valence-corrected chi connectivity index (χ1v) is 8.44. The Hall–Kier alpha value is -2.41. The number of nitrogens with zero attached hydrogens (tertiary/aromatic N) is 1. The molecule has 0 radical (unpaired) electrons. The number of hydrogen-bond donors (Lipinski definition) is 2. The average molecular weight is 349 g/mol. The van der Waals surface area contributed by atoms with Crippen molar-refractivity contribution in [2.45, 2.75) is 33.7 Å². The average Bonchev–Trinajstić information content (AvgIpc) is 2.54. The summed E-state index contributed by atoms with van der Waals surface area (Å²) in [6.45, 7) is 8.60. The lowest BCUT2D eigenvalue weighted by Crippen LogP contribution is -2.42. The molecule has 2 N–H and O–H groups in total. The lowest BCUT2D eigenvalue weighted by molar-refractivity contribution is -0.123. The van der Waals surface area contributed by atoms with Crippen LogP contribution in [0.25, 0.3) is 0 Å². The first-order chi connectivity index (χ1) is 11.8. The molecule has 1 aromatic rings. The van der Waals surface area contributed by atoms with Crippen LogP contribution in [0.5, 0.6) is 0 Å². The molecular formula is C18H27N3O4. The highest BCUT2D eigenvalue weighted by atomic mass is 16.5. The molecule has 0 aliphatic heterocycles. The van der Waals surface area contributed by atoms with Crippen LogP contribution in [0.3, 0.4) is 0 Å². The number of ether oxygens (including phenoxy) is 1. The number of likely N-dealkylation sites (N-methyl/N-ethyl adjacent to an activating group) is 1. The zero-order valence-corrected chi connectivity index (χ0v) is 15.3. The number of anilines is 1. The van der Waals surface area contributed by atoms with Gasteiger partial charge in [-0.15, -0.1) is 0 Å². The normalized spacial score (nSPS) is 10.6. The number of rotatable bonds is 9. The van der Waals surface area contributed by atoms with Gasteiger partial charge in [-0.3, -0.25) is 14.5 Å². The van der Waals surface area contributed by atoms with E-state index in [4.69, 9.17) is 4.74 Å². The third kappa shape index (κ3) is 7.80. The van der Waals surface area contributed by atoms with Crippen molar-refractivity contribution in [3.05, 3.63) is 29.8 Å². The number of carbonyl (C=O) groups is 3. The Bertz CT molecular complexity index is 584. The molecule has 1 rings (SSSR count). The molecule has 0 saturated carbocycles. The number of carbonyl (C=O) groups excluding carboxylic acids is 3. The third-order valence-electron chi connectivity index (χ3n) is 3.31. The van der Waals surface area contributed by atoms with Crippen LogP contribution in [0, 0.1) is 0 Å². The van der Waals surface area contributed by atoms with Crippen molar-refractivity contribution in [2.75, 3.05) is 31.6 Å². The summed E-state index contributed by atoms with van der Waals surface area (Å²) in [5.74, 6) is -0.722. The maximum absolute atomic E-state index is 12.1. The molecule has 138 valence electrons. The van der Waals surface area contributed by atoms with E-state index < -0.39 is 5.97 Å². The zero-order chi connectivity index (χ0) is 18.8. The molecule has 0 spiro atoms. The van der Waals surface area contributed by atoms with Gasteiger partial charge in [0.25, 0.3) is 0 Å². The van der Waals surface area contributed by atoms with Gasteiger partial charge in [0, 0.05) is 11.7 Å². The van der Waals surface area contributed by atoms with Gasteiger partial charge in [-0.1, -0.05) is 6.92 Å². The smallest absolute Gasteiger partial charge is 0.338 e. The van der Waals surface area contributed by atoms with Crippen LogP contribution in [0.15, 0.2) is 24.3 Å². The van der Waals surface area contributed by atoms with Crippen LogP contribution < -0.4 is 10.6 Å². The van der Waals surface area contributed by atoms with E-state index in [1.54, 1.807) is 36.1 Å². The van der Waals surface area contributed by atoms with E-state index in [1.165, 1.54) is 0 Å². The predicted molar refractivity (Wildman–Crippen MR) is 96.4 cm³/mol. The lowest BCUT2D eigenvalue weighted by Gasteiger charge is -2.20. The van der Waals surface area contributed by atoms with Crippen molar-refractivity contribution >= 4 is 23.5 Å². The van der Waals surface area contributed by atoms with Crippen LogP contribution in [-0.2, 0) is 14.3 Å².